The first-order valence-electron chi connectivity index (χ1n) is 7.30. The molecule has 0 saturated heterocycles. The van der Waals surface area contributed by atoms with Crippen LogP contribution < -0.4 is 10.6 Å². The molecule has 0 saturated carbocycles. The zero-order chi connectivity index (χ0) is 15.9. The zero-order valence-corrected chi connectivity index (χ0v) is 12.8. The summed E-state index contributed by atoms with van der Waals surface area (Å²) in [7, 11) is 0. The van der Waals surface area contributed by atoms with Gasteiger partial charge in [-0.25, -0.2) is 4.39 Å². The van der Waals surface area contributed by atoms with E-state index in [1.165, 1.54) is 6.07 Å². The fraction of sp³-hybridized carbons (Fsp3) is 0.294. The first kappa shape index (κ1) is 15.9. The van der Waals surface area contributed by atoms with Gasteiger partial charge in [-0.05, 0) is 44.0 Å². The number of carbonyl (C=O) groups is 1. The molecule has 22 heavy (non-hydrogen) atoms. The summed E-state index contributed by atoms with van der Waals surface area (Å²) in [5.41, 5.74) is 1.79. The first-order valence-corrected chi connectivity index (χ1v) is 7.30. The third kappa shape index (κ3) is 4.55. The van der Waals surface area contributed by atoms with Crippen LogP contribution in [0.25, 0.3) is 0 Å². The number of rotatable bonds is 6. The predicted molar refractivity (Wildman–Crippen MR) is 85.4 cm³/mol. The second kappa shape index (κ2) is 7.54. The fourth-order valence-electron chi connectivity index (χ4n) is 2.08. The van der Waals surface area contributed by atoms with Gasteiger partial charge in [0.05, 0.1) is 0 Å². The maximum absolute atomic E-state index is 13.5. The molecule has 1 amide bonds. The van der Waals surface area contributed by atoms with E-state index >= 15 is 0 Å². The van der Waals surface area contributed by atoms with Gasteiger partial charge in [-0.3, -0.25) is 9.78 Å². The first-order chi connectivity index (χ1) is 10.6. The van der Waals surface area contributed by atoms with Gasteiger partial charge in [-0.1, -0.05) is 18.2 Å². The van der Waals surface area contributed by atoms with Crippen molar-refractivity contribution in [3.63, 3.8) is 0 Å². The SMILES string of the molecule is CC(C)Nc1ccnc(C(=O)NCCc2ccccc2F)c1. The molecule has 0 spiro atoms. The standard InChI is InChI=1S/C17H20FN3O/c1-12(2)21-14-8-10-19-16(11-14)17(22)20-9-7-13-5-3-4-6-15(13)18/h3-6,8,10-12H,7,9H2,1-2H3,(H,19,21)(H,20,22). The number of pyridine rings is 1. The van der Waals surface area contributed by atoms with Crippen molar-refractivity contribution in [3.05, 3.63) is 59.7 Å². The topological polar surface area (TPSA) is 54.0 Å². The van der Waals surface area contributed by atoms with Gasteiger partial charge in [0, 0.05) is 24.5 Å². The van der Waals surface area contributed by atoms with E-state index in [1.807, 2.05) is 19.9 Å². The highest BCUT2D eigenvalue weighted by atomic mass is 19.1. The molecule has 0 aliphatic heterocycles. The molecule has 0 bridgehead atoms. The number of hydrogen-bond acceptors (Lipinski definition) is 3. The number of carbonyl (C=O) groups excluding carboxylic acids is 1. The van der Waals surface area contributed by atoms with Crippen molar-refractivity contribution >= 4 is 11.6 Å². The van der Waals surface area contributed by atoms with Crippen LogP contribution in [0.1, 0.15) is 29.9 Å². The second-order valence-corrected chi connectivity index (χ2v) is 5.33. The summed E-state index contributed by atoms with van der Waals surface area (Å²) >= 11 is 0. The molecule has 0 atom stereocenters. The molecule has 0 radical (unpaired) electrons. The molecule has 116 valence electrons. The van der Waals surface area contributed by atoms with Crippen molar-refractivity contribution < 1.29 is 9.18 Å². The Morgan fingerprint density at radius 3 is 2.77 bits per heavy atom. The summed E-state index contributed by atoms with van der Waals surface area (Å²) < 4.78 is 13.5. The highest BCUT2D eigenvalue weighted by Gasteiger charge is 2.08. The second-order valence-electron chi connectivity index (χ2n) is 5.33. The summed E-state index contributed by atoms with van der Waals surface area (Å²) in [5.74, 6) is -0.512. The quantitative estimate of drug-likeness (QED) is 0.862. The minimum Gasteiger partial charge on any atom is -0.383 e. The number of benzene rings is 1. The Morgan fingerprint density at radius 2 is 2.05 bits per heavy atom. The molecule has 0 aliphatic rings. The third-order valence-electron chi connectivity index (χ3n) is 3.09. The minimum absolute atomic E-state index is 0.252. The molecule has 4 nitrogen and oxygen atoms in total. The molecular weight excluding hydrogens is 281 g/mol. The van der Waals surface area contributed by atoms with Crippen LogP contribution in [0.15, 0.2) is 42.6 Å². The van der Waals surface area contributed by atoms with Crippen LogP contribution in [0.3, 0.4) is 0 Å². The largest absolute Gasteiger partial charge is 0.383 e. The van der Waals surface area contributed by atoms with Crippen molar-refractivity contribution in [2.45, 2.75) is 26.3 Å². The van der Waals surface area contributed by atoms with Crippen LogP contribution in [-0.2, 0) is 6.42 Å². The van der Waals surface area contributed by atoms with E-state index < -0.39 is 0 Å². The van der Waals surface area contributed by atoms with Gasteiger partial charge >= 0.3 is 0 Å². The highest BCUT2D eigenvalue weighted by Crippen LogP contribution is 2.10. The Hall–Kier alpha value is -2.43. The van der Waals surface area contributed by atoms with Crippen LogP contribution in [0.2, 0.25) is 0 Å². The Balaban J connectivity index is 1.91. The van der Waals surface area contributed by atoms with Gasteiger partial charge in [0.15, 0.2) is 0 Å². The van der Waals surface area contributed by atoms with Crippen molar-refractivity contribution in [2.24, 2.45) is 0 Å². The van der Waals surface area contributed by atoms with Crippen LogP contribution in [0.5, 0.6) is 0 Å². The summed E-state index contributed by atoms with van der Waals surface area (Å²) in [5, 5.41) is 5.98. The van der Waals surface area contributed by atoms with E-state index in [-0.39, 0.29) is 17.8 Å². The van der Waals surface area contributed by atoms with Crippen LogP contribution in [0, 0.1) is 5.82 Å². The smallest absolute Gasteiger partial charge is 0.269 e. The Kier molecular flexibility index (Phi) is 5.47. The van der Waals surface area contributed by atoms with Gasteiger partial charge in [0.25, 0.3) is 5.91 Å². The lowest BCUT2D eigenvalue weighted by molar-refractivity contribution is 0.0949. The maximum atomic E-state index is 13.5. The van der Waals surface area contributed by atoms with Gasteiger partial charge in [0.1, 0.15) is 11.5 Å². The van der Waals surface area contributed by atoms with E-state index in [0.29, 0.717) is 24.2 Å². The number of hydrogen-bond donors (Lipinski definition) is 2. The van der Waals surface area contributed by atoms with Crippen LogP contribution in [-0.4, -0.2) is 23.5 Å². The predicted octanol–water partition coefficient (Wildman–Crippen LogP) is 3.01. The molecule has 2 aromatic rings. The zero-order valence-electron chi connectivity index (χ0n) is 12.8. The lowest BCUT2D eigenvalue weighted by Gasteiger charge is -2.11. The molecule has 2 rings (SSSR count). The molecule has 0 aliphatic carbocycles. The van der Waals surface area contributed by atoms with Crippen LogP contribution in [0.4, 0.5) is 10.1 Å². The van der Waals surface area contributed by atoms with Crippen molar-refractivity contribution in [1.29, 1.82) is 0 Å². The lowest BCUT2D eigenvalue weighted by Crippen LogP contribution is -2.27. The molecule has 0 fully saturated rings. The third-order valence-corrected chi connectivity index (χ3v) is 3.09. The van der Waals surface area contributed by atoms with Crippen molar-refractivity contribution in [3.8, 4) is 0 Å². The molecule has 2 N–H and O–H groups in total. The Labute approximate surface area is 129 Å². The number of aromatic nitrogens is 1. The normalized spacial score (nSPS) is 10.5. The number of amides is 1. The van der Waals surface area contributed by atoms with E-state index in [4.69, 9.17) is 0 Å². The molecular formula is C17H20FN3O. The van der Waals surface area contributed by atoms with Gasteiger partial charge in [-0.2, -0.15) is 0 Å². The van der Waals surface area contributed by atoms with Crippen molar-refractivity contribution in [1.82, 2.24) is 10.3 Å². The van der Waals surface area contributed by atoms with Gasteiger partial charge in [-0.15, -0.1) is 0 Å². The number of anilines is 1. The average Bonchev–Trinajstić information content (AvgIpc) is 2.48. The molecule has 1 aromatic carbocycles. The number of halogens is 1. The molecule has 0 unspecified atom stereocenters. The average molecular weight is 301 g/mol. The van der Waals surface area contributed by atoms with E-state index in [1.54, 1.807) is 30.5 Å². The van der Waals surface area contributed by atoms with Crippen LogP contribution >= 0.6 is 0 Å². The molecule has 5 heteroatoms. The number of nitrogens with zero attached hydrogens (tertiary/aromatic N) is 1. The number of nitrogens with one attached hydrogen (secondary N) is 2. The van der Waals surface area contributed by atoms with E-state index in [2.05, 4.69) is 15.6 Å². The summed E-state index contributed by atoms with van der Waals surface area (Å²) in [6, 6.07) is 10.4. The molecule has 1 heterocycles. The van der Waals surface area contributed by atoms with Gasteiger partial charge < -0.3 is 10.6 Å². The molecule has 1 aromatic heterocycles. The Morgan fingerprint density at radius 1 is 1.27 bits per heavy atom. The van der Waals surface area contributed by atoms with Gasteiger partial charge in [0.2, 0.25) is 0 Å². The summed E-state index contributed by atoms with van der Waals surface area (Å²) in [4.78, 5) is 16.1. The Bertz CT molecular complexity index is 643. The highest BCUT2D eigenvalue weighted by molar-refractivity contribution is 5.93. The van der Waals surface area contributed by atoms with E-state index in [0.717, 1.165) is 5.69 Å². The maximum Gasteiger partial charge on any atom is 0.269 e. The van der Waals surface area contributed by atoms with Crippen molar-refractivity contribution in [2.75, 3.05) is 11.9 Å². The minimum atomic E-state index is -0.260. The lowest BCUT2D eigenvalue weighted by atomic mass is 10.1. The summed E-state index contributed by atoms with van der Waals surface area (Å²) in [6.45, 7) is 4.41. The van der Waals surface area contributed by atoms with E-state index in [9.17, 15) is 9.18 Å². The monoisotopic (exact) mass is 301 g/mol. The fourth-order valence-corrected chi connectivity index (χ4v) is 2.08. The summed E-state index contributed by atoms with van der Waals surface area (Å²) in [6.07, 6.45) is 2.04.